The molecule has 1 rings (SSSR count). The first kappa shape index (κ1) is 12.9. The van der Waals surface area contributed by atoms with E-state index in [-0.39, 0.29) is 5.92 Å². The summed E-state index contributed by atoms with van der Waals surface area (Å²) in [6.07, 6.45) is -0.826. The zero-order valence-electron chi connectivity index (χ0n) is 10.2. The Kier molecular flexibility index (Phi) is 4.50. The van der Waals surface area contributed by atoms with Crippen molar-refractivity contribution < 1.29 is 8.78 Å². The quantitative estimate of drug-likeness (QED) is 0.703. The summed E-state index contributed by atoms with van der Waals surface area (Å²) in [6.45, 7) is 9.40. The van der Waals surface area contributed by atoms with Crippen LogP contribution < -0.4 is 0 Å². The number of rotatable bonds is 3. The van der Waals surface area contributed by atoms with Gasteiger partial charge in [0.25, 0.3) is 0 Å². The third-order valence-corrected chi connectivity index (χ3v) is 3.52. The molecule has 0 bridgehead atoms. The Morgan fingerprint density at radius 1 is 1.13 bits per heavy atom. The molecule has 1 nitrogen and oxygen atoms in total. The fourth-order valence-electron chi connectivity index (χ4n) is 2.57. The maximum atomic E-state index is 12.7. The number of likely N-dealkylation sites (tertiary alicyclic amines) is 1. The van der Waals surface area contributed by atoms with Crippen molar-refractivity contribution in [2.45, 2.75) is 59.0 Å². The van der Waals surface area contributed by atoms with Crippen LogP contribution in [-0.4, -0.2) is 30.0 Å². The Labute approximate surface area is 91.8 Å². The average Bonchev–Trinajstić information content (AvgIpc) is 2.16. The Balaban J connectivity index is 2.65. The molecular weight excluding hydrogens is 196 g/mol. The van der Waals surface area contributed by atoms with Crippen molar-refractivity contribution >= 4 is 0 Å². The van der Waals surface area contributed by atoms with Gasteiger partial charge in [0.05, 0.1) is 0 Å². The molecule has 0 aromatic rings. The van der Waals surface area contributed by atoms with Crippen molar-refractivity contribution in [1.82, 2.24) is 4.90 Å². The van der Waals surface area contributed by atoms with Gasteiger partial charge in [0.2, 0.25) is 6.43 Å². The van der Waals surface area contributed by atoms with Gasteiger partial charge in [-0.25, -0.2) is 8.78 Å². The predicted octanol–water partition coefficient (Wildman–Crippen LogP) is 3.40. The lowest BCUT2D eigenvalue weighted by molar-refractivity contribution is -0.0125. The van der Waals surface area contributed by atoms with Crippen molar-refractivity contribution in [2.75, 3.05) is 6.54 Å². The van der Waals surface area contributed by atoms with E-state index in [1.54, 1.807) is 0 Å². The van der Waals surface area contributed by atoms with Crippen LogP contribution in [0.3, 0.4) is 0 Å². The van der Waals surface area contributed by atoms with Gasteiger partial charge in [0.1, 0.15) is 0 Å². The molecule has 2 atom stereocenters. The number of hydrogen-bond donors (Lipinski definition) is 0. The standard InChI is InChI=1S/C12H23F2N/c1-8(2)11-7-10(12(13)14)5-6-15(11)9(3)4/h8-12H,5-7H2,1-4H3. The lowest BCUT2D eigenvalue weighted by atomic mass is 9.85. The summed E-state index contributed by atoms with van der Waals surface area (Å²) in [6, 6.07) is 0.800. The summed E-state index contributed by atoms with van der Waals surface area (Å²) >= 11 is 0. The molecule has 1 fully saturated rings. The van der Waals surface area contributed by atoms with E-state index in [0.29, 0.717) is 30.8 Å². The summed E-state index contributed by atoms with van der Waals surface area (Å²) in [5.41, 5.74) is 0. The van der Waals surface area contributed by atoms with Crippen molar-refractivity contribution in [3.05, 3.63) is 0 Å². The first-order chi connectivity index (χ1) is 6.93. The fourth-order valence-corrected chi connectivity index (χ4v) is 2.57. The monoisotopic (exact) mass is 219 g/mol. The van der Waals surface area contributed by atoms with Crippen LogP contribution >= 0.6 is 0 Å². The number of alkyl halides is 2. The Bertz CT molecular complexity index is 192. The van der Waals surface area contributed by atoms with E-state index in [1.807, 2.05) is 0 Å². The van der Waals surface area contributed by atoms with Crippen molar-refractivity contribution in [3.8, 4) is 0 Å². The molecule has 1 heterocycles. The second kappa shape index (κ2) is 5.24. The van der Waals surface area contributed by atoms with Gasteiger partial charge in [-0.05, 0) is 39.2 Å². The Morgan fingerprint density at radius 2 is 1.73 bits per heavy atom. The maximum absolute atomic E-state index is 12.7. The van der Waals surface area contributed by atoms with Crippen LogP contribution in [0.15, 0.2) is 0 Å². The molecule has 0 amide bonds. The highest BCUT2D eigenvalue weighted by Gasteiger charge is 2.35. The molecule has 1 aliphatic heterocycles. The van der Waals surface area contributed by atoms with Crippen LogP contribution in [0.2, 0.25) is 0 Å². The third kappa shape index (κ3) is 3.13. The molecule has 15 heavy (non-hydrogen) atoms. The molecule has 0 aromatic carbocycles. The minimum Gasteiger partial charge on any atom is -0.298 e. The maximum Gasteiger partial charge on any atom is 0.241 e. The minimum atomic E-state index is -2.14. The van der Waals surface area contributed by atoms with Crippen LogP contribution in [0.5, 0.6) is 0 Å². The minimum absolute atomic E-state index is 0.331. The van der Waals surface area contributed by atoms with Crippen LogP contribution in [0.4, 0.5) is 8.78 Å². The molecule has 0 radical (unpaired) electrons. The van der Waals surface area contributed by atoms with Crippen LogP contribution in [0.1, 0.15) is 40.5 Å². The second-order valence-corrected chi connectivity index (χ2v) is 5.26. The van der Waals surface area contributed by atoms with Crippen molar-refractivity contribution in [3.63, 3.8) is 0 Å². The summed E-state index contributed by atoms with van der Waals surface area (Å²) in [7, 11) is 0. The van der Waals surface area contributed by atoms with E-state index in [9.17, 15) is 8.78 Å². The molecule has 1 aliphatic rings. The molecule has 3 heteroatoms. The van der Waals surface area contributed by atoms with Crippen molar-refractivity contribution in [1.29, 1.82) is 0 Å². The smallest absolute Gasteiger partial charge is 0.241 e. The van der Waals surface area contributed by atoms with Gasteiger partial charge in [0.15, 0.2) is 0 Å². The lowest BCUT2D eigenvalue weighted by Crippen LogP contribution is -2.49. The van der Waals surface area contributed by atoms with Gasteiger partial charge in [-0.1, -0.05) is 13.8 Å². The predicted molar refractivity (Wildman–Crippen MR) is 59.2 cm³/mol. The van der Waals surface area contributed by atoms with Crippen LogP contribution in [-0.2, 0) is 0 Å². The van der Waals surface area contributed by atoms with Crippen LogP contribution in [0, 0.1) is 11.8 Å². The van der Waals surface area contributed by atoms with Gasteiger partial charge in [0, 0.05) is 18.0 Å². The summed E-state index contributed by atoms with van der Waals surface area (Å²) in [5, 5.41) is 0. The number of halogens is 2. The molecular formula is C12H23F2N. The molecule has 1 saturated heterocycles. The lowest BCUT2D eigenvalue weighted by Gasteiger charge is -2.43. The number of nitrogens with zero attached hydrogens (tertiary/aromatic N) is 1. The summed E-state index contributed by atoms with van der Waals surface area (Å²) < 4.78 is 25.3. The summed E-state index contributed by atoms with van der Waals surface area (Å²) in [5.74, 6) is 0.0846. The largest absolute Gasteiger partial charge is 0.298 e. The summed E-state index contributed by atoms with van der Waals surface area (Å²) in [4.78, 5) is 2.38. The molecule has 0 saturated carbocycles. The molecule has 90 valence electrons. The van der Waals surface area contributed by atoms with Gasteiger partial charge in [-0.15, -0.1) is 0 Å². The van der Waals surface area contributed by atoms with Gasteiger partial charge >= 0.3 is 0 Å². The fraction of sp³-hybridized carbons (Fsp3) is 1.00. The molecule has 0 N–H and O–H groups in total. The Hall–Kier alpha value is -0.180. The average molecular weight is 219 g/mol. The third-order valence-electron chi connectivity index (χ3n) is 3.52. The Morgan fingerprint density at radius 3 is 2.13 bits per heavy atom. The van der Waals surface area contributed by atoms with E-state index in [0.717, 1.165) is 6.54 Å². The SMILES string of the molecule is CC(C)C1CC(C(F)F)CCN1C(C)C. The highest BCUT2D eigenvalue weighted by atomic mass is 19.3. The van der Waals surface area contributed by atoms with E-state index < -0.39 is 6.43 Å². The van der Waals surface area contributed by atoms with E-state index in [1.165, 1.54) is 0 Å². The topological polar surface area (TPSA) is 3.24 Å². The zero-order valence-corrected chi connectivity index (χ0v) is 10.2. The van der Waals surface area contributed by atoms with E-state index >= 15 is 0 Å². The molecule has 0 aliphatic carbocycles. The first-order valence-corrected chi connectivity index (χ1v) is 5.97. The van der Waals surface area contributed by atoms with Gasteiger partial charge in [-0.3, -0.25) is 4.90 Å². The van der Waals surface area contributed by atoms with Crippen LogP contribution in [0.25, 0.3) is 0 Å². The van der Waals surface area contributed by atoms with Crippen molar-refractivity contribution in [2.24, 2.45) is 11.8 Å². The number of hydrogen-bond acceptors (Lipinski definition) is 1. The van der Waals surface area contributed by atoms with Gasteiger partial charge < -0.3 is 0 Å². The van der Waals surface area contributed by atoms with E-state index in [2.05, 4.69) is 32.6 Å². The molecule has 0 spiro atoms. The normalized spacial score (nSPS) is 29.4. The zero-order chi connectivity index (χ0) is 11.6. The molecule has 2 unspecified atom stereocenters. The highest BCUT2D eigenvalue weighted by Crippen LogP contribution is 2.32. The highest BCUT2D eigenvalue weighted by molar-refractivity contribution is 4.86. The van der Waals surface area contributed by atoms with E-state index in [4.69, 9.17) is 0 Å². The number of piperidine rings is 1. The van der Waals surface area contributed by atoms with Gasteiger partial charge in [-0.2, -0.15) is 0 Å². The first-order valence-electron chi connectivity index (χ1n) is 5.97. The second-order valence-electron chi connectivity index (χ2n) is 5.26. The molecule has 0 aromatic heterocycles.